The zero-order valence-electron chi connectivity index (χ0n) is 6.67. The Balaban J connectivity index is 2.83. The van der Waals surface area contributed by atoms with Gasteiger partial charge in [0.1, 0.15) is 11.9 Å². The molecule has 0 aromatic carbocycles. The number of rotatable bonds is 1. The molecule has 1 aliphatic carbocycles. The van der Waals surface area contributed by atoms with E-state index in [4.69, 9.17) is 4.74 Å². The SMILES string of the molecule is COC1=CC(F)C=C(C)C=C1. The van der Waals surface area contributed by atoms with Crippen molar-refractivity contribution >= 4 is 0 Å². The predicted molar refractivity (Wildman–Crippen MR) is 42.9 cm³/mol. The van der Waals surface area contributed by atoms with Crippen LogP contribution in [-0.4, -0.2) is 13.3 Å². The zero-order valence-corrected chi connectivity index (χ0v) is 6.67. The number of ether oxygens (including phenoxy) is 1. The molecule has 11 heavy (non-hydrogen) atoms. The van der Waals surface area contributed by atoms with Crippen molar-refractivity contribution in [1.29, 1.82) is 0 Å². The first-order chi connectivity index (χ1) is 5.22. The van der Waals surface area contributed by atoms with Crippen LogP contribution in [0.15, 0.2) is 35.6 Å². The third kappa shape index (κ3) is 2.22. The average Bonchev–Trinajstić information content (AvgIpc) is 2.11. The van der Waals surface area contributed by atoms with Gasteiger partial charge in [-0.1, -0.05) is 11.6 Å². The van der Waals surface area contributed by atoms with Crippen molar-refractivity contribution < 1.29 is 9.13 Å². The molecular weight excluding hydrogens is 143 g/mol. The Kier molecular flexibility index (Phi) is 2.47. The first-order valence-electron chi connectivity index (χ1n) is 3.49. The van der Waals surface area contributed by atoms with E-state index in [9.17, 15) is 4.39 Å². The number of allylic oxidation sites excluding steroid dienone is 5. The Morgan fingerprint density at radius 2 is 2.09 bits per heavy atom. The summed E-state index contributed by atoms with van der Waals surface area (Å²) in [5.74, 6) is 0.575. The van der Waals surface area contributed by atoms with Crippen LogP contribution in [-0.2, 0) is 4.74 Å². The Labute approximate surface area is 65.9 Å². The van der Waals surface area contributed by atoms with E-state index >= 15 is 0 Å². The first kappa shape index (κ1) is 8.05. The minimum absolute atomic E-state index is 0.575. The quantitative estimate of drug-likeness (QED) is 0.563. The fraction of sp³-hybridized carbons (Fsp3) is 0.333. The minimum atomic E-state index is -1.03. The fourth-order valence-electron chi connectivity index (χ4n) is 0.917. The van der Waals surface area contributed by atoms with Crippen molar-refractivity contribution in [3.63, 3.8) is 0 Å². The highest BCUT2D eigenvalue weighted by Gasteiger charge is 2.03. The number of halogens is 1. The van der Waals surface area contributed by atoms with Crippen molar-refractivity contribution in [3.8, 4) is 0 Å². The molecule has 60 valence electrons. The second kappa shape index (κ2) is 3.37. The number of methoxy groups -OCH3 is 1. The molecule has 0 amide bonds. The second-order valence-corrected chi connectivity index (χ2v) is 2.46. The lowest BCUT2D eigenvalue weighted by atomic mass is 10.2. The molecule has 0 radical (unpaired) electrons. The maximum Gasteiger partial charge on any atom is 0.141 e. The third-order valence-corrected chi connectivity index (χ3v) is 1.49. The van der Waals surface area contributed by atoms with Crippen LogP contribution in [0.3, 0.4) is 0 Å². The summed E-state index contributed by atoms with van der Waals surface area (Å²) in [6.45, 7) is 1.86. The summed E-state index contributed by atoms with van der Waals surface area (Å²) in [5.41, 5.74) is 0.917. The topological polar surface area (TPSA) is 9.23 Å². The highest BCUT2D eigenvalue weighted by molar-refractivity contribution is 5.30. The number of alkyl halides is 1. The van der Waals surface area contributed by atoms with E-state index in [0.717, 1.165) is 5.57 Å². The lowest BCUT2D eigenvalue weighted by molar-refractivity contribution is 0.300. The van der Waals surface area contributed by atoms with Crippen molar-refractivity contribution in [2.24, 2.45) is 0 Å². The van der Waals surface area contributed by atoms with Crippen molar-refractivity contribution in [3.05, 3.63) is 35.6 Å². The molecule has 0 aliphatic heterocycles. The highest BCUT2D eigenvalue weighted by Crippen LogP contribution is 2.12. The molecule has 0 saturated carbocycles. The Morgan fingerprint density at radius 1 is 1.36 bits per heavy atom. The van der Waals surface area contributed by atoms with Crippen molar-refractivity contribution in [2.75, 3.05) is 7.11 Å². The van der Waals surface area contributed by atoms with E-state index in [1.165, 1.54) is 13.2 Å². The fourth-order valence-corrected chi connectivity index (χ4v) is 0.917. The van der Waals surface area contributed by atoms with Crippen LogP contribution < -0.4 is 0 Å². The van der Waals surface area contributed by atoms with Gasteiger partial charge in [0.15, 0.2) is 0 Å². The molecule has 0 heterocycles. The molecule has 0 fully saturated rings. The summed E-state index contributed by atoms with van der Waals surface area (Å²) in [4.78, 5) is 0. The Morgan fingerprint density at radius 3 is 2.73 bits per heavy atom. The Bertz CT molecular complexity index is 226. The van der Waals surface area contributed by atoms with Gasteiger partial charge in [0.2, 0.25) is 0 Å². The second-order valence-electron chi connectivity index (χ2n) is 2.46. The molecule has 1 unspecified atom stereocenters. The van der Waals surface area contributed by atoms with E-state index in [2.05, 4.69) is 0 Å². The molecule has 1 aliphatic rings. The van der Waals surface area contributed by atoms with Gasteiger partial charge in [-0.15, -0.1) is 0 Å². The normalized spacial score (nSPS) is 23.7. The summed E-state index contributed by atoms with van der Waals surface area (Å²) in [5, 5.41) is 0. The molecule has 0 spiro atoms. The molecule has 0 N–H and O–H groups in total. The average molecular weight is 154 g/mol. The summed E-state index contributed by atoms with van der Waals surface area (Å²) in [6.07, 6.45) is 5.54. The molecular formula is C9H11FO. The van der Waals surface area contributed by atoms with Crippen LogP contribution in [0.25, 0.3) is 0 Å². The van der Waals surface area contributed by atoms with E-state index in [0.29, 0.717) is 5.76 Å². The summed E-state index contributed by atoms with van der Waals surface area (Å²) >= 11 is 0. The largest absolute Gasteiger partial charge is 0.497 e. The van der Waals surface area contributed by atoms with Crippen LogP contribution in [0, 0.1) is 0 Å². The van der Waals surface area contributed by atoms with Crippen molar-refractivity contribution in [2.45, 2.75) is 13.1 Å². The van der Waals surface area contributed by atoms with Crippen molar-refractivity contribution in [1.82, 2.24) is 0 Å². The molecule has 0 saturated heterocycles. The van der Waals surface area contributed by atoms with E-state index in [1.54, 1.807) is 12.2 Å². The molecule has 0 aromatic heterocycles. The van der Waals surface area contributed by atoms with Gasteiger partial charge in [-0.2, -0.15) is 0 Å². The predicted octanol–water partition coefficient (Wildman–Crippen LogP) is 2.37. The van der Waals surface area contributed by atoms with Gasteiger partial charge in [-0.05, 0) is 25.2 Å². The summed E-state index contributed by atoms with van der Waals surface area (Å²) in [6, 6.07) is 0. The van der Waals surface area contributed by atoms with Crippen LogP contribution >= 0.6 is 0 Å². The van der Waals surface area contributed by atoms with E-state index < -0.39 is 6.17 Å². The lowest BCUT2D eigenvalue weighted by Crippen LogP contribution is -1.91. The highest BCUT2D eigenvalue weighted by atomic mass is 19.1. The summed E-state index contributed by atoms with van der Waals surface area (Å²) < 4.78 is 17.7. The van der Waals surface area contributed by atoms with Gasteiger partial charge in [0.05, 0.1) is 7.11 Å². The third-order valence-electron chi connectivity index (χ3n) is 1.49. The number of hydrogen-bond donors (Lipinski definition) is 0. The molecule has 1 rings (SSSR count). The zero-order chi connectivity index (χ0) is 8.27. The molecule has 0 aromatic rings. The first-order valence-corrected chi connectivity index (χ1v) is 3.49. The molecule has 0 bridgehead atoms. The summed E-state index contributed by atoms with van der Waals surface area (Å²) in [7, 11) is 1.53. The van der Waals surface area contributed by atoms with Gasteiger partial charge < -0.3 is 4.74 Å². The van der Waals surface area contributed by atoms with Gasteiger partial charge in [-0.25, -0.2) is 4.39 Å². The minimum Gasteiger partial charge on any atom is -0.497 e. The maximum absolute atomic E-state index is 12.9. The van der Waals surface area contributed by atoms with Gasteiger partial charge >= 0.3 is 0 Å². The van der Waals surface area contributed by atoms with Crippen LogP contribution in [0.1, 0.15) is 6.92 Å². The van der Waals surface area contributed by atoms with Gasteiger partial charge in [0, 0.05) is 0 Å². The van der Waals surface area contributed by atoms with Crippen LogP contribution in [0.4, 0.5) is 4.39 Å². The van der Waals surface area contributed by atoms with Gasteiger partial charge in [-0.3, -0.25) is 0 Å². The van der Waals surface area contributed by atoms with E-state index in [1.807, 2.05) is 13.0 Å². The Hall–Kier alpha value is -1.05. The maximum atomic E-state index is 12.9. The van der Waals surface area contributed by atoms with Gasteiger partial charge in [0.25, 0.3) is 0 Å². The van der Waals surface area contributed by atoms with E-state index in [-0.39, 0.29) is 0 Å². The smallest absolute Gasteiger partial charge is 0.141 e. The molecule has 2 heteroatoms. The monoisotopic (exact) mass is 154 g/mol. The lowest BCUT2D eigenvalue weighted by Gasteiger charge is -1.98. The molecule has 1 nitrogen and oxygen atoms in total. The molecule has 1 atom stereocenters. The standard InChI is InChI=1S/C9H11FO/c1-7-3-4-9(11-2)6-8(10)5-7/h3-6,8H,1-2H3. The van der Waals surface area contributed by atoms with Crippen LogP contribution in [0.2, 0.25) is 0 Å². The van der Waals surface area contributed by atoms with Crippen LogP contribution in [0.5, 0.6) is 0 Å². The number of hydrogen-bond acceptors (Lipinski definition) is 1.